The molecule has 2 rings (SSSR count). The summed E-state index contributed by atoms with van der Waals surface area (Å²) in [7, 11) is 1.54. The van der Waals surface area contributed by atoms with Crippen LogP contribution >= 0.6 is 11.6 Å². The highest BCUT2D eigenvalue weighted by Gasteiger charge is 2.08. The van der Waals surface area contributed by atoms with Crippen molar-refractivity contribution in [3.8, 4) is 5.75 Å². The number of rotatable bonds is 7. The molecule has 0 aliphatic carbocycles. The molecule has 2 amide bonds. The zero-order valence-corrected chi connectivity index (χ0v) is 15.5. The quantitative estimate of drug-likeness (QED) is 0.705. The Balaban J connectivity index is 1.99. The van der Waals surface area contributed by atoms with Crippen LogP contribution in [0.1, 0.15) is 25.8 Å². The van der Waals surface area contributed by atoms with Gasteiger partial charge in [0, 0.05) is 24.0 Å². The van der Waals surface area contributed by atoms with Gasteiger partial charge in [-0.05, 0) is 37.0 Å². The van der Waals surface area contributed by atoms with Crippen LogP contribution in [0, 0.1) is 5.92 Å². The summed E-state index contributed by atoms with van der Waals surface area (Å²) in [6.07, 6.45) is 1.37. The normalized spacial score (nSPS) is 10.9. The molecule has 136 valence electrons. The summed E-state index contributed by atoms with van der Waals surface area (Å²) >= 11 is 6.07. The molecular weight excluding hydrogens is 342 g/mol. The second-order valence-corrected chi connectivity index (χ2v) is 6.72. The van der Waals surface area contributed by atoms with Crippen LogP contribution in [0.3, 0.4) is 0 Å². The molecule has 0 radical (unpaired) electrons. The van der Waals surface area contributed by atoms with E-state index in [0.29, 0.717) is 47.3 Å². The molecule has 0 bridgehead atoms. The van der Waals surface area contributed by atoms with Crippen molar-refractivity contribution in [2.45, 2.75) is 26.7 Å². The number of nitrogens with one attached hydrogen (secondary N) is 3. The number of H-pyrrole nitrogens is 1. The fourth-order valence-electron chi connectivity index (χ4n) is 2.44. The number of aromatic amines is 1. The summed E-state index contributed by atoms with van der Waals surface area (Å²) in [5.74, 6) is 1.09. The van der Waals surface area contributed by atoms with E-state index in [1.54, 1.807) is 25.3 Å². The number of urea groups is 1. The molecule has 25 heavy (non-hydrogen) atoms. The molecule has 0 unspecified atom stereocenters. The Morgan fingerprint density at radius 3 is 2.64 bits per heavy atom. The molecule has 0 saturated heterocycles. The van der Waals surface area contributed by atoms with Crippen molar-refractivity contribution in [3.05, 3.63) is 39.1 Å². The maximum atomic E-state index is 12.2. The van der Waals surface area contributed by atoms with Crippen molar-refractivity contribution >= 4 is 28.5 Å². The van der Waals surface area contributed by atoms with E-state index in [-0.39, 0.29) is 11.6 Å². The Morgan fingerprint density at radius 2 is 1.96 bits per heavy atom. The van der Waals surface area contributed by atoms with Crippen LogP contribution in [0.2, 0.25) is 5.02 Å². The number of carbonyl (C=O) groups excluding carboxylic acids is 1. The van der Waals surface area contributed by atoms with Crippen molar-refractivity contribution in [3.63, 3.8) is 0 Å². The average Bonchev–Trinajstić information content (AvgIpc) is 2.54. The number of hydrogen-bond acceptors (Lipinski definition) is 3. The lowest BCUT2D eigenvalue weighted by molar-refractivity contribution is 0.240. The van der Waals surface area contributed by atoms with E-state index in [2.05, 4.69) is 29.5 Å². The van der Waals surface area contributed by atoms with E-state index in [1.165, 1.54) is 0 Å². The number of benzene rings is 1. The molecule has 2 aromatic rings. The average molecular weight is 366 g/mol. The van der Waals surface area contributed by atoms with Gasteiger partial charge in [0.25, 0.3) is 5.56 Å². The number of aromatic nitrogens is 1. The third-order valence-electron chi connectivity index (χ3n) is 3.88. The lowest BCUT2D eigenvalue weighted by atomic mass is 10.1. The Bertz CT molecular complexity index is 802. The van der Waals surface area contributed by atoms with Crippen LogP contribution in [-0.4, -0.2) is 31.2 Å². The smallest absolute Gasteiger partial charge is 0.314 e. The first-order valence-corrected chi connectivity index (χ1v) is 8.69. The molecule has 3 N–H and O–H groups in total. The maximum Gasteiger partial charge on any atom is 0.314 e. The zero-order valence-electron chi connectivity index (χ0n) is 14.7. The second-order valence-electron chi connectivity index (χ2n) is 6.31. The summed E-state index contributed by atoms with van der Waals surface area (Å²) in [5.41, 5.74) is 1.06. The van der Waals surface area contributed by atoms with Gasteiger partial charge < -0.3 is 20.4 Å². The molecule has 1 heterocycles. The highest BCUT2D eigenvalue weighted by molar-refractivity contribution is 6.32. The van der Waals surface area contributed by atoms with Crippen LogP contribution < -0.4 is 20.9 Å². The van der Waals surface area contributed by atoms with Crippen LogP contribution in [-0.2, 0) is 6.42 Å². The zero-order chi connectivity index (χ0) is 18.4. The van der Waals surface area contributed by atoms with Crippen LogP contribution in [0.25, 0.3) is 10.9 Å². The summed E-state index contributed by atoms with van der Waals surface area (Å²) in [6.45, 7) is 5.23. The van der Waals surface area contributed by atoms with E-state index in [9.17, 15) is 9.59 Å². The Hall–Kier alpha value is -2.21. The molecule has 1 aromatic carbocycles. The van der Waals surface area contributed by atoms with Gasteiger partial charge in [-0.2, -0.15) is 0 Å². The van der Waals surface area contributed by atoms with Gasteiger partial charge in [-0.25, -0.2) is 4.79 Å². The van der Waals surface area contributed by atoms with Crippen LogP contribution in [0.5, 0.6) is 5.75 Å². The highest BCUT2D eigenvalue weighted by atomic mass is 35.5. The summed E-state index contributed by atoms with van der Waals surface area (Å²) in [5, 5.41) is 6.84. The number of pyridine rings is 1. The number of ether oxygens (including phenoxy) is 1. The van der Waals surface area contributed by atoms with Crippen molar-refractivity contribution in [2.24, 2.45) is 5.92 Å². The number of fused-ring (bicyclic) bond motifs is 1. The topological polar surface area (TPSA) is 83.2 Å². The van der Waals surface area contributed by atoms with Gasteiger partial charge in [-0.3, -0.25) is 4.79 Å². The third kappa shape index (κ3) is 5.39. The van der Waals surface area contributed by atoms with Gasteiger partial charge in [0.05, 0.1) is 17.6 Å². The SMILES string of the molecule is COc1cc2cc(CCNC(=O)NCCC(C)C)c(=O)[nH]c2cc1Cl. The molecule has 6 nitrogen and oxygen atoms in total. The molecule has 7 heteroatoms. The predicted octanol–water partition coefficient (Wildman–Crippen LogP) is 3.08. The van der Waals surface area contributed by atoms with Gasteiger partial charge in [-0.15, -0.1) is 0 Å². The van der Waals surface area contributed by atoms with Gasteiger partial charge in [0.15, 0.2) is 0 Å². The molecule has 0 aliphatic heterocycles. The van der Waals surface area contributed by atoms with Crippen LogP contribution in [0.4, 0.5) is 4.79 Å². The Morgan fingerprint density at radius 1 is 1.24 bits per heavy atom. The molecule has 0 spiro atoms. The van der Waals surface area contributed by atoms with Gasteiger partial charge >= 0.3 is 6.03 Å². The fourth-order valence-corrected chi connectivity index (χ4v) is 2.68. The van der Waals surface area contributed by atoms with Crippen molar-refractivity contribution in [1.29, 1.82) is 0 Å². The standard InChI is InChI=1S/C18H24ClN3O3/c1-11(2)4-6-20-18(24)21-7-5-12-8-13-9-16(25-3)14(19)10-15(13)22-17(12)23/h8-11H,4-7H2,1-3H3,(H,22,23)(H2,20,21,24). The first-order valence-electron chi connectivity index (χ1n) is 8.32. The largest absolute Gasteiger partial charge is 0.495 e. The molecule has 0 atom stereocenters. The lowest BCUT2D eigenvalue weighted by Crippen LogP contribution is -2.37. The van der Waals surface area contributed by atoms with Gasteiger partial charge in [0.2, 0.25) is 0 Å². The predicted molar refractivity (Wildman–Crippen MR) is 101 cm³/mol. The van der Waals surface area contributed by atoms with E-state index < -0.39 is 0 Å². The Kier molecular flexibility index (Phi) is 6.70. The number of methoxy groups -OCH3 is 1. The van der Waals surface area contributed by atoms with Gasteiger partial charge in [0.1, 0.15) is 5.75 Å². The first kappa shape index (κ1) is 19.1. The molecule has 0 aliphatic rings. The lowest BCUT2D eigenvalue weighted by Gasteiger charge is -2.10. The van der Waals surface area contributed by atoms with Crippen molar-refractivity contribution in [2.75, 3.05) is 20.2 Å². The Labute approximate surface area is 151 Å². The minimum Gasteiger partial charge on any atom is -0.495 e. The summed E-state index contributed by atoms with van der Waals surface area (Å²) in [6, 6.07) is 5.03. The molecular formula is C18H24ClN3O3. The number of halogens is 1. The number of hydrogen-bond donors (Lipinski definition) is 3. The van der Waals surface area contributed by atoms with E-state index in [1.807, 2.05) is 0 Å². The highest BCUT2D eigenvalue weighted by Crippen LogP contribution is 2.28. The maximum absolute atomic E-state index is 12.2. The monoisotopic (exact) mass is 365 g/mol. The van der Waals surface area contributed by atoms with E-state index >= 15 is 0 Å². The van der Waals surface area contributed by atoms with E-state index in [4.69, 9.17) is 16.3 Å². The molecule has 1 aromatic heterocycles. The van der Waals surface area contributed by atoms with Gasteiger partial charge in [-0.1, -0.05) is 25.4 Å². The second kappa shape index (κ2) is 8.76. The van der Waals surface area contributed by atoms with Crippen LogP contribution in [0.15, 0.2) is 23.0 Å². The fraction of sp³-hybridized carbons (Fsp3) is 0.444. The summed E-state index contributed by atoms with van der Waals surface area (Å²) in [4.78, 5) is 26.7. The first-order chi connectivity index (χ1) is 11.9. The third-order valence-corrected chi connectivity index (χ3v) is 4.18. The molecule has 0 saturated carbocycles. The summed E-state index contributed by atoms with van der Waals surface area (Å²) < 4.78 is 5.20. The van der Waals surface area contributed by atoms with E-state index in [0.717, 1.165) is 11.8 Å². The van der Waals surface area contributed by atoms with Crippen molar-refractivity contribution < 1.29 is 9.53 Å². The number of amides is 2. The minimum atomic E-state index is -0.216. The number of carbonyl (C=O) groups is 1. The van der Waals surface area contributed by atoms with Crippen molar-refractivity contribution in [1.82, 2.24) is 15.6 Å². The molecule has 0 fully saturated rings. The minimum absolute atomic E-state index is 0.184.